The Morgan fingerprint density at radius 3 is 3.00 bits per heavy atom. The molecule has 2 aromatic heterocycles. The molecule has 3 aromatic rings. The van der Waals surface area contributed by atoms with Crippen molar-refractivity contribution < 1.29 is 9.53 Å². The second-order valence-electron chi connectivity index (χ2n) is 4.12. The highest BCUT2D eigenvalue weighted by Crippen LogP contribution is 2.19. The topological polar surface area (TPSA) is 69.9 Å². The van der Waals surface area contributed by atoms with Gasteiger partial charge in [-0.3, -0.25) is 4.98 Å². The Kier molecular flexibility index (Phi) is 3.12. The number of fused-ring (bicyclic) bond motifs is 1. The molecule has 20 heavy (non-hydrogen) atoms. The lowest BCUT2D eigenvalue weighted by Crippen LogP contribution is -2.04. The molecule has 0 saturated heterocycles. The summed E-state index contributed by atoms with van der Waals surface area (Å²) in [5, 5.41) is 8.75. The number of pyridine rings is 1. The van der Waals surface area contributed by atoms with E-state index >= 15 is 0 Å². The van der Waals surface area contributed by atoms with Crippen LogP contribution in [-0.4, -0.2) is 32.6 Å². The van der Waals surface area contributed by atoms with E-state index in [9.17, 15) is 4.79 Å². The zero-order chi connectivity index (χ0) is 13.9. The fraction of sp³-hybridized carbons (Fsp3) is 0.143. The highest BCUT2D eigenvalue weighted by Gasteiger charge is 2.13. The summed E-state index contributed by atoms with van der Waals surface area (Å²) in [5.41, 5.74) is 1.87. The van der Waals surface area contributed by atoms with Gasteiger partial charge in [-0.25, -0.2) is 9.48 Å². The van der Waals surface area contributed by atoms with Crippen molar-refractivity contribution in [3.63, 3.8) is 0 Å². The van der Waals surface area contributed by atoms with Gasteiger partial charge in [0, 0.05) is 11.6 Å². The van der Waals surface area contributed by atoms with Crippen LogP contribution in [0.15, 0.2) is 42.7 Å². The van der Waals surface area contributed by atoms with Crippen LogP contribution < -0.4 is 0 Å². The van der Waals surface area contributed by atoms with Crippen molar-refractivity contribution in [3.8, 4) is 5.69 Å². The van der Waals surface area contributed by atoms with Crippen molar-refractivity contribution in [2.75, 3.05) is 6.61 Å². The molecule has 3 rings (SSSR count). The SMILES string of the molecule is CCOC(=O)c1cn(-c2ccnc3ccccc23)nn1. The molecule has 1 aromatic carbocycles. The number of para-hydroxylation sites is 1. The highest BCUT2D eigenvalue weighted by atomic mass is 16.5. The van der Waals surface area contributed by atoms with Gasteiger partial charge in [-0.15, -0.1) is 5.10 Å². The lowest BCUT2D eigenvalue weighted by atomic mass is 10.2. The molecule has 2 heterocycles. The number of benzene rings is 1. The molecule has 6 nitrogen and oxygen atoms in total. The molecule has 0 amide bonds. The van der Waals surface area contributed by atoms with Gasteiger partial charge in [0.25, 0.3) is 0 Å². The minimum absolute atomic E-state index is 0.188. The zero-order valence-electron chi connectivity index (χ0n) is 10.9. The fourth-order valence-electron chi connectivity index (χ4n) is 1.96. The van der Waals surface area contributed by atoms with Crippen LogP contribution in [0.25, 0.3) is 16.6 Å². The molecular formula is C14H12N4O2. The van der Waals surface area contributed by atoms with E-state index in [4.69, 9.17) is 4.74 Å². The van der Waals surface area contributed by atoms with E-state index in [0.717, 1.165) is 16.6 Å². The maximum atomic E-state index is 11.6. The zero-order valence-corrected chi connectivity index (χ0v) is 10.9. The monoisotopic (exact) mass is 268 g/mol. The molecule has 0 atom stereocenters. The second kappa shape index (κ2) is 5.08. The van der Waals surface area contributed by atoms with E-state index in [0.29, 0.717) is 6.61 Å². The molecule has 100 valence electrons. The predicted molar refractivity (Wildman–Crippen MR) is 72.6 cm³/mol. The molecule has 6 heteroatoms. The number of esters is 1. The van der Waals surface area contributed by atoms with E-state index < -0.39 is 5.97 Å². The minimum Gasteiger partial charge on any atom is -0.461 e. The Morgan fingerprint density at radius 1 is 1.30 bits per heavy atom. The maximum Gasteiger partial charge on any atom is 0.360 e. The lowest BCUT2D eigenvalue weighted by molar-refractivity contribution is 0.0519. The van der Waals surface area contributed by atoms with Gasteiger partial charge in [0.05, 0.1) is 24.0 Å². The van der Waals surface area contributed by atoms with Crippen molar-refractivity contribution >= 4 is 16.9 Å². The Labute approximate surface area is 115 Å². The molecule has 0 aliphatic carbocycles. The first kappa shape index (κ1) is 12.3. The molecule has 0 bridgehead atoms. The molecule has 0 fully saturated rings. The average molecular weight is 268 g/mol. The van der Waals surface area contributed by atoms with Crippen LogP contribution in [0.2, 0.25) is 0 Å². The van der Waals surface area contributed by atoms with Gasteiger partial charge in [-0.2, -0.15) is 0 Å². The van der Waals surface area contributed by atoms with Crippen LogP contribution in [-0.2, 0) is 4.74 Å². The largest absolute Gasteiger partial charge is 0.461 e. The third-order valence-electron chi connectivity index (χ3n) is 2.85. The number of hydrogen-bond acceptors (Lipinski definition) is 5. The number of rotatable bonds is 3. The molecule has 0 aliphatic heterocycles. The van der Waals surface area contributed by atoms with Crippen LogP contribution in [0.3, 0.4) is 0 Å². The van der Waals surface area contributed by atoms with Crippen LogP contribution in [0.4, 0.5) is 0 Å². The standard InChI is InChI=1S/C14H12N4O2/c1-2-20-14(19)12-9-18(17-16-12)13-7-8-15-11-6-4-3-5-10(11)13/h3-9H,2H2,1H3. The summed E-state index contributed by atoms with van der Waals surface area (Å²) >= 11 is 0. The van der Waals surface area contributed by atoms with Gasteiger partial charge in [0.1, 0.15) is 0 Å². The van der Waals surface area contributed by atoms with Crippen LogP contribution in [0.1, 0.15) is 17.4 Å². The summed E-state index contributed by atoms with van der Waals surface area (Å²) in [4.78, 5) is 15.9. The third kappa shape index (κ3) is 2.11. The molecular weight excluding hydrogens is 256 g/mol. The van der Waals surface area contributed by atoms with Crippen molar-refractivity contribution in [2.45, 2.75) is 6.92 Å². The maximum absolute atomic E-state index is 11.6. The molecule has 0 spiro atoms. The number of hydrogen-bond donors (Lipinski definition) is 0. The van der Waals surface area contributed by atoms with Crippen LogP contribution >= 0.6 is 0 Å². The molecule has 0 saturated carbocycles. The quantitative estimate of drug-likeness (QED) is 0.679. The van der Waals surface area contributed by atoms with Gasteiger partial charge >= 0.3 is 5.97 Å². The summed E-state index contributed by atoms with van der Waals surface area (Å²) in [5.74, 6) is -0.475. The summed E-state index contributed by atoms with van der Waals surface area (Å²) in [6.07, 6.45) is 3.25. The van der Waals surface area contributed by atoms with Gasteiger partial charge in [-0.1, -0.05) is 23.4 Å². The molecule has 0 radical (unpaired) electrons. The number of aromatic nitrogens is 4. The lowest BCUT2D eigenvalue weighted by Gasteiger charge is -2.04. The van der Waals surface area contributed by atoms with Crippen molar-refractivity contribution in [3.05, 3.63) is 48.4 Å². The van der Waals surface area contributed by atoms with E-state index in [2.05, 4.69) is 15.3 Å². The van der Waals surface area contributed by atoms with Crippen molar-refractivity contribution in [1.82, 2.24) is 20.0 Å². The highest BCUT2D eigenvalue weighted by molar-refractivity contribution is 5.88. The minimum atomic E-state index is -0.475. The van der Waals surface area contributed by atoms with E-state index in [-0.39, 0.29) is 5.69 Å². The summed E-state index contributed by atoms with van der Waals surface area (Å²) in [7, 11) is 0. The number of ether oxygens (including phenoxy) is 1. The summed E-state index contributed by atoms with van der Waals surface area (Å²) in [6.45, 7) is 2.06. The average Bonchev–Trinajstić information content (AvgIpc) is 2.97. The first-order valence-electron chi connectivity index (χ1n) is 6.23. The number of carbonyl (C=O) groups is 1. The van der Waals surface area contributed by atoms with Crippen molar-refractivity contribution in [1.29, 1.82) is 0 Å². The van der Waals surface area contributed by atoms with Gasteiger partial charge in [0.2, 0.25) is 0 Å². The number of carbonyl (C=O) groups excluding carboxylic acids is 1. The third-order valence-corrected chi connectivity index (χ3v) is 2.85. The Morgan fingerprint density at radius 2 is 2.15 bits per heavy atom. The Hall–Kier alpha value is -2.76. The van der Waals surface area contributed by atoms with Gasteiger partial charge in [0.15, 0.2) is 5.69 Å². The molecule has 0 unspecified atom stereocenters. The van der Waals surface area contributed by atoms with E-state index in [1.807, 2.05) is 30.3 Å². The normalized spacial score (nSPS) is 10.7. The Bertz CT molecular complexity index is 761. The molecule has 0 aliphatic rings. The van der Waals surface area contributed by atoms with Crippen molar-refractivity contribution in [2.24, 2.45) is 0 Å². The van der Waals surface area contributed by atoms with Gasteiger partial charge < -0.3 is 4.74 Å². The second-order valence-corrected chi connectivity index (χ2v) is 4.12. The smallest absolute Gasteiger partial charge is 0.360 e. The van der Waals surface area contributed by atoms with Gasteiger partial charge in [-0.05, 0) is 19.1 Å². The van der Waals surface area contributed by atoms with E-state index in [1.165, 1.54) is 0 Å². The van der Waals surface area contributed by atoms with E-state index in [1.54, 1.807) is 24.0 Å². The number of nitrogens with zero attached hydrogens (tertiary/aromatic N) is 4. The first-order valence-corrected chi connectivity index (χ1v) is 6.23. The van der Waals surface area contributed by atoms with Crippen LogP contribution in [0, 0.1) is 0 Å². The fourth-order valence-corrected chi connectivity index (χ4v) is 1.96. The van der Waals surface area contributed by atoms with Crippen LogP contribution in [0.5, 0.6) is 0 Å². The summed E-state index contributed by atoms with van der Waals surface area (Å²) < 4.78 is 6.45. The first-order chi connectivity index (χ1) is 9.79. The molecule has 0 N–H and O–H groups in total. The predicted octanol–water partition coefficient (Wildman–Crippen LogP) is 1.99. The summed E-state index contributed by atoms with van der Waals surface area (Å²) in [6, 6.07) is 9.54. The Balaban J connectivity index is 2.06.